The molecule has 1 aromatic heterocycles. The van der Waals surface area contributed by atoms with Crippen molar-refractivity contribution in [2.75, 3.05) is 37.6 Å². The first-order valence-corrected chi connectivity index (χ1v) is 9.36. The molecule has 0 radical (unpaired) electrons. The molecule has 3 rings (SSSR count). The van der Waals surface area contributed by atoms with E-state index in [0.717, 1.165) is 60.8 Å². The van der Waals surface area contributed by atoms with Crippen molar-refractivity contribution < 1.29 is 0 Å². The maximum Gasteiger partial charge on any atom is 0.169 e. The fourth-order valence-electron chi connectivity index (χ4n) is 2.92. The molecule has 4 nitrogen and oxygen atoms in total. The standard InChI is InChI=1S/C19H23ClN4S/c1-15-3-2-4-18(22-15)23-11-13-24(14-12-23)19(25)21-10-9-16-5-7-17(20)8-6-16/h2-8H,9-14H2,1H3,(H,21,25). The Morgan fingerprint density at radius 2 is 1.84 bits per heavy atom. The Balaban J connectivity index is 1.43. The molecule has 0 spiro atoms. The van der Waals surface area contributed by atoms with Crippen LogP contribution in [0.5, 0.6) is 0 Å². The number of benzene rings is 1. The van der Waals surface area contributed by atoms with Crippen LogP contribution in [0.25, 0.3) is 0 Å². The molecule has 1 N–H and O–H groups in total. The fraction of sp³-hybridized carbons (Fsp3) is 0.368. The number of aromatic nitrogens is 1. The van der Waals surface area contributed by atoms with Gasteiger partial charge in [0.25, 0.3) is 0 Å². The highest BCUT2D eigenvalue weighted by atomic mass is 35.5. The molecule has 0 aliphatic carbocycles. The first-order chi connectivity index (χ1) is 12.1. The number of hydrogen-bond donors (Lipinski definition) is 1. The summed E-state index contributed by atoms with van der Waals surface area (Å²) in [5.41, 5.74) is 2.31. The molecule has 6 heteroatoms. The number of pyridine rings is 1. The second kappa shape index (κ2) is 8.50. The molecular formula is C19H23ClN4S. The Bertz CT molecular complexity index is 712. The lowest BCUT2D eigenvalue weighted by molar-refractivity contribution is 0.379. The van der Waals surface area contributed by atoms with Crippen molar-refractivity contribution in [3.8, 4) is 0 Å². The van der Waals surface area contributed by atoms with Gasteiger partial charge in [-0.25, -0.2) is 4.98 Å². The van der Waals surface area contributed by atoms with E-state index in [1.54, 1.807) is 0 Å². The largest absolute Gasteiger partial charge is 0.362 e. The van der Waals surface area contributed by atoms with Crippen molar-refractivity contribution in [2.45, 2.75) is 13.3 Å². The summed E-state index contributed by atoms with van der Waals surface area (Å²) in [6.07, 6.45) is 0.935. The Labute approximate surface area is 159 Å². The number of anilines is 1. The smallest absolute Gasteiger partial charge is 0.169 e. The maximum atomic E-state index is 5.91. The van der Waals surface area contributed by atoms with Gasteiger partial charge in [-0.2, -0.15) is 0 Å². The summed E-state index contributed by atoms with van der Waals surface area (Å²) >= 11 is 11.5. The molecule has 1 fully saturated rings. The molecule has 0 atom stereocenters. The van der Waals surface area contributed by atoms with Gasteiger partial charge >= 0.3 is 0 Å². The number of thiocarbonyl (C=S) groups is 1. The predicted molar refractivity (Wildman–Crippen MR) is 109 cm³/mol. The second-order valence-electron chi connectivity index (χ2n) is 6.22. The van der Waals surface area contributed by atoms with Crippen LogP contribution in [-0.4, -0.2) is 47.7 Å². The van der Waals surface area contributed by atoms with E-state index < -0.39 is 0 Å². The van der Waals surface area contributed by atoms with E-state index >= 15 is 0 Å². The topological polar surface area (TPSA) is 31.4 Å². The Morgan fingerprint density at radius 3 is 2.52 bits per heavy atom. The van der Waals surface area contributed by atoms with Crippen molar-refractivity contribution in [3.05, 3.63) is 58.7 Å². The van der Waals surface area contributed by atoms with Crippen LogP contribution < -0.4 is 10.2 Å². The Hall–Kier alpha value is -1.85. The molecule has 0 saturated carbocycles. The van der Waals surface area contributed by atoms with E-state index in [1.165, 1.54) is 5.56 Å². The second-order valence-corrected chi connectivity index (χ2v) is 7.04. The SMILES string of the molecule is Cc1cccc(N2CCN(C(=S)NCCc3ccc(Cl)cc3)CC2)n1. The van der Waals surface area contributed by atoms with Crippen molar-refractivity contribution in [3.63, 3.8) is 0 Å². The van der Waals surface area contributed by atoms with Crippen LogP contribution in [-0.2, 0) is 6.42 Å². The van der Waals surface area contributed by atoms with Crippen molar-refractivity contribution >= 4 is 34.7 Å². The summed E-state index contributed by atoms with van der Waals surface area (Å²) in [4.78, 5) is 9.16. The van der Waals surface area contributed by atoms with Gasteiger partial charge in [-0.1, -0.05) is 29.8 Å². The number of hydrogen-bond acceptors (Lipinski definition) is 3. The highest BCUT2D eigenvalue weighted by Crippen LogP contribution is 2.14. The molecule has 0 unspecified atom stereocenters. The lowest BCUT2D eigenvalue weighted by Crippen LogP contribution is -2.52. The lowest BCUT2D eigenvalue weighted by atomic mass is 10.1. The molecule has 2 aromatic rings. The summed E-state index contributed by atoms with van der Waals surface area (Å²) in [6.45, 7) is 6.58. The van der Waals surface area contributed by atoms with Crippen molar-refractivity contribution in [2.24, 2.45) is 0 Å². The van der Waals surface area contributed by atoms with Crippen LogP contribution in [0.3, 0.4) is 0 Å². The quantitative estimate of drug-likeness (QED) is 0.830. The minimum Gasteiger partial charge on any atom is -0.362 e. The average molecular weight is 375 g/mol. The summed E-state index contributed by atoms with van der Waals surface area (Å²) in [5, 5.41) is 4.98. The highest BCUT2D eigenvalue weighted by Gasteiger charge is 2.19. The molecule has 1 aromatic carbocycles. The molecule has 0 amide bonds. The monoisotopic (exact) mass is 374 g/mol. The molecule has 1 aliphatic heterocycles. The zero-order chi connectivity index (χ0) is 17.6. The van der Waals surface area contributed by atoms with E-state index in [-0.39, 0.29) is 0 Å². The number of nitrogens with one attached hydrogen (secondary N) is 1. The number of nitrogens with zero attached hydrogens (tertiary/aromatic N) is 3. The van der Waals surface area contributed by atoms with Crippen molar-refractivity contribution in [1.82, 2.24) is 15.2 Å². The van der Waals surface area contributed by atoms with Crippen LogP contribution in [0.1, 0.15) is 11.3 Å². The van der Waals surface area contributed by atoms with Crippen molar-refractivity contribution in [1.29, 1.82) is 0 Å². The molecule has 1 aliphatic rings. The average Bonchev–Trinajstić information content (AvgIpc) is 2.63. The molecule has 132 valence electrons. The van der Waals surface area contributed by atoms with Gasteiger partial charge in [0.15, 0.2) is 5.11 Å². The van der Waals surface area contributed by atoms with Gasteiger partial charge < -0.3 is 15.1 Å². The van der Waals surface area contributed by atoms with Gasteiger partial charge in [0.2, 0.25) is 0 Å². The van der Waals surface area contributed by atoms with E-state index in [9.17, 15) is 0 Å². The number of aryl methyl sites for hydroxylation is 1. The van der Waals surface area contributed by atoms with Crippen LogP contribution in [0.15, 0.2) is 42.5 Å². The van der Waals surface area contributed by atoms with E-state index in [2.05, 4.69) is 44.4 Å². The predicted octanol–water partition coefficient (Wildman–Crippen LogP) is 3.28. The molecule has 25 heavy (non-hydrogen) atoms. The van der Waals surface area contributed by atoms with Crippen LogP contribution >= 0.6 is 23.8 Å². The first-order valence-electron chi connectivity index (χ1n) is 8.57. The minimum absolute atomic E-state index is 0.771. The fourth-order valence-corrected chi connectivity index (χ4v) is 3.33. The summed E-state index contributed by atoms with van der Waals surface area (Å²) in [5.74, 6) is 1.06. The third-order valence-corrected chi connectivity index (χ3v) is 5.02. The van der Waals surface area contributed by atoms with Gasteiger partial charge in [0.1, 0.15) is 5.82 Å². The Kier molecular flexibility index (Phi) is 6.10. The highest BCUT2D eigenvalue weighted by molar-refractivity contribution is 7.80. The zero-order valence-electron chi connectivity index (χ0n) is 14.4. The number of rotatable bonds is 4. The van der Waals surface area contributed by atoms with E-state index in [4.69, 9.17) is 23.8 Å². The van der Waals surface area contributed by atoms with Gasteiger partial charge in [0.05, 0.1) is 0 Å². The van der Waals surface area contributed by atoms with E-state index in [0.29, 0.717) is 0 Å². The Morgan fingerprint density at radius 1 is 1.12 bits per heavy atom. The van der Waals surface area contributed by atoms with Gasteiger partial charge in [-0.15, -0.1) is 0 Å². The first kappa shape index (κ1) is 18.0. The number of halogens is 1. The summed E-state index contributed by atoms with van der Waals surface area (Å²) in [6, 6.07) is 14.1. The van der Waals surface area contributed by atoms with Gasteiger partial charge in [-0.3, -0.25) is 0 Å². The molecule has 1 saturated heterocycles. The zero-order valence-corrected chi connectivity index (χ0v) is 16.0. The maximum absolute atomic E-state index is 5.91. The van der Waals surface area contributed by atoms with Gasteiger partial charge in [-0.05, 0) is 55.4 Å². The van der Waals surface area contributed by atoms with Crippen LogP contribution in [0.4, 0.5) is 5.82 Å². The number of piperazine rings is 1. The minimum atomic E-state index is 0.771. The summed E-state index contributed by atoms with van der Waals surface area (Å²) in [7, 11) is 0. The molecular weight excluding hydrogens is 352 g/mol. The van der Waals surface area contributed by atoms with Crippen LogP contribution in [0.2, 0.25) is 5.02 Å². The van der Waals surface area contributed by atoms with Gasteiger partial charge in [0, 0.05) is 43.4 Å². The third-order valence-electron chi connectivity index (χ3n) is 4.37. The molecule has 0 bridgehead atoms. The lowest BCUT2D eigenvalue weighted by Gasteiger charge is -2.36. The summed E-state index contributed by atoms with van der Waals surface area (Å²) < 4.78 is 0. The van der Waals surface area contributed by atoms with Crippen LogP contribution in [0, 0.1) is 6.92 Å². The van der Waals surface area contributed by atoms with E-state index in [1.807, 2.05) is 25.1 Å². The third kappa shape index (κ3) is 5.06. The molecule has 2 heterocycles. The normalized spacial score (nSPS) is 14.5.